The quantitative estimate of drug-likeness (QED) is 0.805. The Morgan fingerprint density at radius 3 is 2.95 bits per heavy atom. The second-order valence-electron chi connectivity index (χ2n) is 5.28. The smallest absolute Gasteiger partial charge is 0.0730 e. The van der Waals surface area contributed by atoms with Crippen molar-refractivity contribution >= 4 is 17.4 Å². The molecule has 0 aliphatic carbocycles. The predicted octanol–water partition coefficient (Wildman–Crippen LogP) is 3.40. The highest BCUT2D eigenvalue weighted by Crippen LogP contribution is 2.28. The summed E-state index contributed by atoms with van der Waals surface area (Å²) in [7, 11) is 0. The number of hydrogen-bond acceptors (Lipinski definition) is 4. The largest absolute Gasteiger partial charge is 0.370 e. The van der Waals surface area contributed by atoms with Crippen LogP contribution >= 0.6 is 11.8 Å². The van der Waals surface area contributed by atoms with Crippen LogP contribution in [0.1, 0.15) is 12.1 Å². The summed E-state index contributed by atoms with van der Waals surface area (Å²) in [5.41, 5.74) is 2.20. The van der Waals surface area contributed by atoms with Crippen LogP contribution in [-0.4, -0.2) is 29.0 Å². The molecule has 2 heterocycles. The molecule has 1 aliphatic heterocycles. The SMILES string of the molecule is Cc1cc(N2CCC(CSc3ccccc3)C2)cnn1. The molecule has 3 rings (SSSR count). The number of aromatic nitrogens is 2. The number of thioether (sulfide) groups is 1. The maximum Gasteiger partial charge on any atom is 0.0730 e. The van der Waals surface area contributed by atoms with Crippen LogP contribution in [0.2, 0.25) is 0 Å². The standard InChI is InChI=1S/C16H19N3S/c1-13-9-15(10-17-18-13)19-8-7-14(11-19)12-20-16-5-3-2-4-6-16/h2-6,9-10,14H,7-8,11-12H2,1H3. The molecule has 104 valence electrons. The van der Waals surface area contributed by atoms with Crippen LogP contribution in [-0.2, 0) is 0 Å². The zero-order valence-electron chi connectivity index (χ0n) is 11.7. The van der Waals surface area contributed by atoms with Gasteiger partial charge in [-0.1, -0.05) is 18.2 Å². The van der Waals surface area contributed by atoms with E-state index in [1.165, 1.54) is 22.8 Å². The van der Waals surface area contributed by atoms with Gasteiger partial charge in [0.05, 0.1) is 17.6 Å². The third kappa shape index (κ3) is 3.31. The van der Waals surface area contributed by atoms with Crippen LogP contribution in [0.3, 0.4) is 0 Å². The van der Waals surface area contributed by atoms with Gasteiger partial charge < -0.3 is 4.90 Å². The third-order valence-corrected chi connectivity index (χ3v) is 4.89. The molecule has 1 aliphatic rings. The van der Waals surface area contributed by atoms with Gasteiger partial charge in [0.2, 0.25) is 0 Å². The average molecular weight is 285 g/mol. The van der Waals surface area contributed by atoms with Crippen molar-refractivity contribution in [3.63, 3.8) is 0 Å². The fourth-order valence-corrected chi connectivity index (χ4v) is 3.62. The van der Waals surface area contributed by atoms with Crippen LogP contribution in [0.5, 0.6) is 0 Å². The molecular formula is C16H19N3S. The summed E-state index contributed by atoms with van der Waals surface area (Å²) >= 11 is 1.96. The molecule has 0 radical (unpaired) electrons. The summed E-state index contributed by atoms with van der Waals surface area (Å²) in [5.74, 6) is 1.95. The molecule has 20 heavy (non-hydrogen) atoms. The molecule has 2 aromatic rings. The first-order valence-corrected chi connectivity index (χ1v) is 8.02. The van der Waals surface area contributed by atoms with E-state index in [9.17, 15) is 0 Å². The summed E-state index contributed by atoms with van der Waals surface area (Å²) in [6, 6.07) is 12.8. The predicted molar refractivity (Wildman–Crippen MR) is 84.3 cm³/mol. The van der Waals surface area contributed by atoms with E-state index < -0.39 is 0 Å². The molecule has 1 saturated heterocycles. The zero-order valence-corrected chi connectivity index (χ0v) is 12.5. The molecule has 1 aromatic carbocycles. The van der Waals surface area contributed by atoms with Crippen molar-refractivity contribution < 1.29 is 0 Å². The van der Waals surface area contributed by atoms with Gasteiger partial charge in [0.25, 0.3) is 0 Å². The number of rotatable bonds is 4. The molecule has 0 bridgehead atoms. The molecule has 1 fully saturated rings. The van der Waals surface area contributed by atoms with Crippen LogP contribution in [0.15, 0.2) is 47.5 Å². The number of anilines is 1. The molecule has 3 nitrogen and oxygen atoms in total. The average Bonchev–Trinajstić information content (AvgIpc) is 2.95. The normalized spacial score (nSPS) is 18.4. The van der Waals surface area contributed by atoms with Crippen molar-refractivity contribution in [1.29, 1.82) is 0 Å². The summed E-state index contributed by atoms with van der Waals surface area (Å²) in [6.45, 7) is 4.26. The van der Waals surface area contributed by atoms with Gasteiger partial charge in [0.15, 0.2) is 0 Å². The minimum atomic E-state index is 0.758. The number of nitrogens with zero attached hydrogens (tertiary/aromatic N) is 3. The van der Waals surface area contributed by atoms with Crippen molar-refractivity contribution in [2.24, 2.45) is 5.92 Å². The Hall–Kier alpha value is -1.55. The Kier molecular flexibility index (Phi) is 4.21. The number of hydrogen-bond donors (Lipinski definition) is 0. The van der Waals surface area contributed by atoms with Crippen molar-refractivity contribution in [2.45, 2.75) is 18.2 Å². The Labute approximate surface area is 124 Å². The molecule has 4 heteroatoms. The number of aryl methyl sites for hydroxylation is 1. The lowest BCUT2D eigenvalue weighted by atomic mass is 10.2. The van der Waals surface area contributed by atoms with Gasteiger partial charge in [-0.15, -0.1) is 11.8 Å². The Morgan fingerprint density at radius 2 is 2.15 bits per heavy atom. The Morgan fingerprint density at radius 1 is 1.30 bits per heavy atom. The van der Waals surface area contributed by atoms with Crippen LogP contribution < -0.4 is 4.90 Å². The summed E-state index contributed by atoms with van der Waals surface area (Å²) in [6.07, 6.45) is 3.14. The second-order valence-corrected chi connectivity index (χ2v) is 6.37. The minimum absolute atomic E-state index is 0.758. The fraction of sp³-hybridized carbons (Fsp3) is 0.375. The van der Waals surface area contributed by atoms with Crippen molar-refractivity contribution in [2.75, 3.05) is 23.7 Å². The molecule has 0 spiro atoms. The molecular weight excluding hydrogens is 266 g/mol. The van der Waals surface area contributed by atoms with Gasteiger partial charge in [0.1, 0.15) is 0 Å². The second kappa shape index (κ2) is 6.27. The van der Waals surface area contributed by atoms with Crippen molar-refractivity contribution in [3.8, 4) is 0 Å². The zero-order chi connectivity index (χ0) is 13.8. The lowest BCUT2D eigenvalue weighted by Crippen LogP contribution is -2.20. The lowest BCUT2D eigenvalue weighted by Gasteiger charge is -2.18. The van der Waals surface area contributed by atoms with E-state index in [1.54, 1.807) is 0 Å². The summed E-state index contributed by atoms with van der Waals surface area (Å²) in [5, 5.41) is 8.08. The molecule has 0 N–H and O–H groups in total. The third-order valence-electron chi connectivity index (χ3n) is 3.64. The van der Waals surface area contributed by atoms with E-state index in [4.69, 9.17) is 0 Å². The summed E-state index contributed by atoms with van der Waals surface area (Å²) in [4.78, 5) is 3.80. The van der Waals surface area contributed by atoms with Gasteiger partial charge >= 0.3 is 0 Å². The van der Waals surface area contributed by atoms with Gasteiger partial charge in [-0.2, -0.15) is 10.2 Å². The van der Waals surface area contributed by atoms with Crippen LogP contribution in [0, 0.1) is 12.8 Å². The van der Waals surface area contributed by atoms with Gasteiger partial charge in [-0.3, -0.25) is 0 Å². The highest BCUT2D eigenvalue weighted by Gasteiger charge is 2.23. The molecule has 0 saturated carbocycles. The van der Waals surface area contributed by atoms with Crippen molar-refractivity contribution in [1.82, 2.24) is 10.2 Å². The highest BCUT2D eigenvalue weighted by atomic mass is 32.2. The van der Waals surface area contributed by atoms with E-state index in [-0.39, 0.29) is 0 Å². The van der Waals surface area contributed by atoms with E-state index in [1.807, 2.05) is 24.9 Å². The van der Waals surface area contributed by atoms with E-state index in [0.717, 1.165) is 24.7 Å². The highest BCUT2D eigenvalue weighted by molar-refractivity contribution is 7.99. The first kappa shape index (κ1) is 13.4. The maximum atomic E-state index is 4.05. The van der Waals surface area contributed by atoms with Gasteiger partial charge in [0, 0.05) is 23.7 Å². The molecule has 1 unspecified atom stereocenters. The summed E-state index contributed by atoms with van der Waals surface area (Å²) < 4.78 is 0. The lowest BCUT2D eigenvalue weighted by molar-refractivity contribution is 0.671. The van der Waals surface area contributed by atoms with Crippen LogP contribution in [0.25, 0.3) is 0 Å². The van der Waals surface area contributed by atoms with Crippen molar-refractivity contribution in [3.05, 3.63) is 48.3 Å². The van der Waals surface area contributed by atoms with E-state index >= 15 is 0 Å². The van der Waals surface area contributed by atoms with E-state index in [0.29, 0.717) is 0 Å². The molecule has 1 aromatic heterocycles. The first-order valence-electron chi connectivity index (χ1n) is 7.03. The monoisotopic (exact) mass is 285 g/mol. The van der Waals surface area contributed by atoms with Gasteiger partial charge in [-0.05, 0) is 37.5 Å². The Balaban J connectivity index is 1.55. The molecule has 1 atom stereocenters. The van der Waals surface area contributed by atoms with E-state index in [2.05, 4.69) is 51.5 Å². The minimum Gasteiger partial charge on any atom is -0.370 e. The maximum absolute atomic E-state index is 4.05. The molecule has 0 amide bonds. The number of benzene rings is 1. The van der Waals surface area contributed by atoms with Crippen LogP contribution in [0.4, 0.5) is 5.69 Å². The van der Waals surface area contributed by atoms with Gasteiger partial charge in [-0.25, -0.2) is 0 Å². The fourth-order valence-electron chi connectivity index (χ4n) is 2.57. The first-order chi connectivity index (χ1) is 9.81. The Bertz CT molecular complexity index is 559. The topological polar surface area (TPSA) is 29.0 Å².